The number of benzene rings is 1. The van der Waals surface area contributed by atoms with Crippen molar-refractivity contribution in [1.82, 2.24) is 0 Å². The van der Waals surface area contributed by atoms with Gasteiger partial charge in [0.1, 0.15) is 5.82 Å². The van der Waals surface area contributed by atoms with E-state index in [2.05, 4.69) is 20.8 Å². The summed E-state index contributed by atoms with van der Waals surface area (Å²) in [7, 11) is 0. The Morgan fingerprint density at radius 3 is 2.71 bits per heavy atom. The Morgan fingerprint density at radius 2 is 2.14 bits per heavy atom. The van der Waals surface area contributed by atoms with Crippen LogP contribution < -0.4 is 4.90 Å². The van der Waals surface area contributed by atoms with Crippen molar-refractivity contribution < 1.29 is 14.3 Å². The molecule has 1 unspecified atom stereocenters. The summed E-state index contributed by atoms with van der Waals surface area (Å²) in [5, 5.41) is 8.75. The second-order valence-corrected chi connectivity index (χ2v) is 6.65. The van der Waals surface area contributed by atoms with Crippen molar-refractivity contribution in [2.24, 2.45) is 11.3 Å². The van der Waals surface area contributed by atoms with Gasteiger partial charge in [-0.25, -0.2) is 9.18 Å². The van der Waals surface area contributed by atoms with Crippen LogP contribution in [0, 0.1) is 17.2 Å². The lowest BCUT2D eigenvalue weighted by Gasteiger charge is -2.28. The SMILES string of the molecule is CC(C)(C)C1CCN(c2c(F)cccc2/C=C/C(=O)O)C1. The fourth-order valence-corrected chi connectivity index (χ4v) is 2.83. The van der Waals surface area contributed by atoms with E-state index in [4.69, 9.17) is 5.11 Å². The van der Waals surface area contributed by atoms with Crippen LogP contribution in [0.2, 0.25) is 0 Å². The average Bonchev–Trinajstić information content (AvgIpc) is 2.85. The van der Waals surface area contributed by atoms with Crippen LogP contribution in [0.4, 0.5) is 10.1 Å². The molecule has 1 heterocycles. The van der Waals surface area contributed by atoms with E-state index in [9.17, 15) is 9.18 Å². The van der Waals surface area contributed by atoms with Crippen molar-refractivity contribution in [3.63, 3.8) is 0 Å². The predicted molar refractivity (Wildman–Crippen MR) is 82.8 cm³/mol. The standard InChI is InChI=1S/C17H22FNO2/c1-17(2,3)13-9-10-19(11-13)16-12(7-8-15(20)21)5-4-6-14(16)18/h4-8,13H,9-11H2,1-3H3,(H,20,21)/b8-7+. The third kappa shape index (κ3) is 3.63. The minimum Gasteiger partial charge on any atom is -0.478 e. The fraction of sp³-hybridized carbons (Fsp3) is 0.471. The molecule has 0 amide bonds. The van der Waals surface area contributed by atoms with E-state index in [1.54, 1.807) is 12.1 Å². The van der Waals surface area contributed by atoms with E-state index in [-0.39, 0.29) is 11.2 Å². The molecule has 1 aromatic rings. The number of halogens is 1. The Balaban J connectivity index is 2.30. The van der Waals surface area contributed by atoms with Crippen LogP contribution in [-0.2, 0) is 4.79 Å². The third-order valence-electron chi connectivity index (χ3n) is 4.15. The number of anilines is 1. The number of carboxylic acids is 1. The van der Waals surface area contributed by atoms with Crippen molar-refractivity contribution in [3.05, 3.63) is 35.7 Å². The monoisotopic (exact) mass is 291 g/mol. The lowest BCUT2D eigenvalue weighted by Crippen LogP contribution is -2.26. The maximum absolute atomic E-state index is 14.2. The van der Waals surface area contributed by atoms with E-state index in [1.165, 1.54) is 12.1 Å². The van der Waals surface area contributed by atoms with Crippen LogP contribution in [0.3, 0.4) is 0 Å². The van der Waals surface area contributed by atoms with Crippen LogP contribution >= 0.6 is 0 Å². The number of carboxylic acid groups (broad SMARTS) is 1. The summed E-state index contributed by atoms with van der Waals surface area (Å²) < 4.78 is 14.2. The molecule has 1 saturated heterocycles. The lowest BCUT2D eigenvalue weighted by atomic mass is 9.80. The van der Waals surface area contributed by atoms with Gasteiger partial charge in [-0.15, -0.1) is 0 Å². The van der Waals surface area contributed by atoms with E-state index < -0.39 is 5.97 Å². The van der Waals surface area contributed by atoms with Crippen LogP contribution in [0.25, 0.3) is 6.08 Å². The van der Waals surface area contributed by atoms with Crippen molar-refractivity contribution in [1.29, 1.82) is 0 Å². The Bertz CT molecular complexity index is 560. The van der Waals surface area contributed by atoms with Gasteiger partial charge < -0.3 is 10.0 Å². The molecular weight excluding hydrogens is 269 g/mol. The molecule has 114 valence electrons. The van der Waals surface area contributed by atoms with Crippen molar-refractivity contribution in [2.75, 3.05) is 18.0 Å². The van der Waals surface area contributed by atoms with Gasteiger partial charge in [0.2, 0.25) is 0 Å². The Morgan fingerprint density at radius 1 is 1.43 bits per heavy atom. The van der Waals surface area contributed by atoms with Gasteiger partial charge in [-0.3, -0.25) is 0 Å². The average molecular weight is 291 g/mol. The quantitative estimate of drug-likeness (QED) is 0.861. The molecule has 0 aliphatic carbocycles. The molecule has 4 heteroatoms. The maximum atomic E-state index is 14.2. The summed E-state index contributed by atoms with van der Waals surface area (Å²) in [6.07, 6.45) is 3.54. The van der Waals surface area contributed by atoms with E-state index in [1.807, 2.05) is 4.90 Å². The van der Waals surface area contributed by atoms with Gasteiger partial charge in [0.05, 0.1) is 5.69 Å². The molecule has 0 spiro atoms. The zero-order valence-electron chi connectivity index (χ0n) is 12.8. The summed E-state index contributed by atoms with van der Waals surface area (Å²) in [5.74, 6) is -0.815. The molecule has 1 aliphatic rings. The number of hydrogen-bond acceptors (Lipinski definition) is 2. The zero-order valence-corrected chi connectivity index (χ0v) is 12.8. The highest BCUT2D eigenvalue weighted by atomic mass is 19.1. The van der Waals surface area contributed by atoms with E-state index >= 15 is 0 Å². The first-order valence-electron chi connectivity index (χ1n) is 7.23. The number of aliphatic carboxylic acids is 1. The summed E-state index contributed by atoms with van der Waals surface area (Å²) in [5.41, 5.74) is 1.32. The van der Waals surface area contributed by atoms with Crippen LogP contribution in [0.5, 0.6) is 0 Å². The summed E-state index contributed by atoms with van der Waals surface area (Å²) in [4.78, 5) is 12.7. The molecule has 0 bridgehead atoms. The number of nitrogens with zero attached hydrogens (tertiary/aromatic N) is 1. The molecule has 1 fully saturated rings. The van der Waals surface area contributed by atoms with Gasteiger partial charge in [-0.05, 0) is 29.9 Å². The minimum atomic E-state index is -1.03. The Labute approximate surface area is 125 Å². The van der Waals surface area contributed by atoms with Gasteiger partial charge in [0, 0.05) is 24.7 Å². The van der Waals surface area contributed by atoms with Crippen LogP contribution in [0.1, 0.15) is 32.8 Å². The molecule has 1 atom stereocenters. The topological polar surface area (TPSA) is 40.5 Å². The molecule has 0 radical (unpaired) electrons. The molecule has 1 aliphatic heterocycles. The highest BCUT2D eigenvalue weighted by molar-refractivity contribution is 5.87. The third-order valence-corrected chi connectivity index (χ3v) is 4.15. The zero-order chi connectivity index (χ0) is 15.6. The molecule has 1 N–H and O–H groups in total. The Kier molecular flexibility index (Phi) is 4.35. The van der Waals surface area contributed by atoms with Gasteiger partial charge in [-0.2, -0.15) is 0 Å². The highest BCUT2D eigenvalue weighted by Crippen LogP contribution is 2.37. The first-order chi connectivity index (χ1) is 9.79. The molecule has 0 saturated carbocycles. The lowest BCUT2D eigenvalue weighted by molar-refractivity contribution is -0.131. The molecule has 1 aromatic carbocycles. The number of rotatable bonds is 3. The molecule has 21 heavy (non-hydrogen) atoms. The number of hydrogen-bond donors (Lipinski definition) is 1. The van der Waals surface area contributed by atoms with Gasteiger partial charge in [-0.1, -0.05) is 32.9 Å². The number of carbonyl (C=O) groups is 1. The molecule has 3 nitrogen and oxygen atoms in total. The van der Waals surface area contributed by atoms with Gasteiger partial charge in [0.15, 0.2) is 0 Å². The van der Waals surface area contributed by atoms with E-state index in [0.29, 0.717) is 17.2 Å². The van der Waals surface area contributed by atoms with Crippen LogP contribution in [0.15, 0.2) is 24.3 Å². The van der Waals surface area contributed by atoms with Crippen molar-refractivity contribution in [3.8, 4) is 0 Å². The van der Waals surface area contributed by atoms with Gasteiger partial charge >= 0.3 is 5.97 Å². The smallest absolute Gasteiger partial charge is 0.328 e. The first kappa shape index (κ1) is 15.5. The molecular formula is C17H22FNO2. The predicted octanol–water partition coefficient (Wildman–Crippen LogP) is 3.80. The van der Waals surface area contributed by atoms with Crippen molar-refractivity contribution >= 4 is 17.7 Å². The minimum absolute atomic E-state index is 0.192. The largest absolute Gasteiger partial charge is 0.478 e. The van der Waals surface area contributed by atoms with Crippen LogP contribution in [-0.4, -0.2) is 24.2 Å². The maximum Gasteiger partial charge on any atom is 0.328 e. The molecule has 0 aromatic heterocycles. The fourth-order valence-electron chi connectivity index (χ4n) is 2.83. The summed E-state index contributed by atoms with van der Waals surface area (Å²) >= 11 is 0. The van der Waals surface area contributed by atoms with Gasteiger partial charge in [0.25, 0.3) is 0 Å². The van der Waals surface area contributed by atoms with Crippen molar-refractivity contribution in [2.45, 2.75) is 27.2 Å². The Hall–Kier alpha value is -1.84. The summed E-state index contributed by atoms with van der Waals surface area (Å²) in [6.45, 7) is 8.21. The van der Waals surface area contributed by atoms with E-state index in [0.717, 1.165) is 25.6 Å². The first-order valence-corrected chi connectivity index (χ1v) is 7.23. The normalized spacial score (nSPS) is 19.4. The second kappa shape index (κ2) is 5.88. The number of para-hydroxylation sites is 1. The summed E-state index contributed by atoms with van der Waals surface area (Å²) in [6, 6.07) is 4.79. The molecule has 2 rings (SSSR count). The highest BCUT2D eigenvalue weighted by Gasteiger charge is 2.33. The second-order valence-electron chi connectivity index (χ2n) is 6.65.